The van der Waals surface area contributed by atoms with E-state index in [4.69, 9.17) is 0 Å². The van der Waals surface area contributed by atoms with Gasteiger partial charge in [-0.3, -0.25) is 4.79 Å². The minimum atomic E-state index is -1.30. The van der Waals surface area contributed by atoms with Crippen LogP contribution in [0.5, 0.6) is 0 Å². The Kier molecular flexibility index (Phi) is 2.91. The van der Waals surface area contributed by atoms with Gasteiger partial charge in [0.15, 0.2) is 6.04 Å². The van der Waals surface area contributed by atoms with Gasteiger partial charge < -0.3 is 15.0 Å². The van der Waals surface area contributed by atoms with E-state index in [2.05, 4.69) is 5.10 Å². The van der Waals surface area contributed by atoms with E-state index in [0.717, 1.165) is 0 Å². The molecule has 108 valence electrons. The number of quaternary nitrogens is 1. The first-order valence-corrected chi connectivity index (χ1v) is 6.36. The van der Waals surface area contributed by atoms with Crippen LogP contribution in [0.15, 0.2) is 28.9 Å². The SMILES string of the molecule is CC1(C(=O)O)C=CC2C(=C1)C=N[N+]2(C(=O)[O-])C(C)(C)C. The van der Waals surface area contributed by atoms with Gasteiger partial charge in [-0.2, -0.15) is 0 Å². The fourth-order valence-corrected chi connectivity index (χ4v) is 2.72. The van der Waals surface area contributed by atoms with Crippen molar-refractivity contribution in [3.8, 4) is 0 Å². The molecule has 1 aliphatic carbocycles. The zero-order valence-corrected chi connectivity index (χ0v) is 12.0. The Labute approximate surface area is 117 Å². The van der Waals surface area contributed by atoms with Crippen LogP contribution in [-0.2, 0) is 4.79 Å². The van der Waals surface area contributed by atoms with Crippen LogP contribution in [0.25, 0.3) is 0 Å². The van der Waals surface area contributed by atoms with Crippen molar-refractivity contribution < 1.29 is 24.4 Å². The second-order valence-corrected chi connectivity index (χ2v) is 6.40. The summed E-state index contributed by atoms with van der Waals surface area (Å²) in [6.45, 7) is 6.86. The molecule has 0 aromatic carbocycles. The number of fused-ring (bicyclic) bond motifs is 1. The lowest BCUT2D eigenvalue weighted by Crippen LogP contribution is -2.67. The highest BCUT2D eigenvalue weighted by Crippen LogP contribution is 2.41. The molecule has 6 nitrogen and oxygen atoms in total. The Hall–Kier alpha value is -1.95. The summed E-state index contributed by atoms with van der Waals surface area (Å²) in [6, 6.07) is -0.549. The van der Waals surface area contributed by atoms with Gasteiger partial charge in [-0.1, -0.05) is 17.3 Å². The Balaban J connectivity index is 2.54. The maximum Gasteiger partial charge on any atom is 0.317 e. The monoisotopic (exact) mass is 278 g/mol. The van der Waals surface area contributed by atoms with Crippen molar-refractivity contribution in [1.82, 2.24) is 0 Å². The van der Waals surface area contributed by atoms with E-state index in [0.29, 0.717) is 5.57 Å². The lowest BCUT2D eigenvalue weighted by atomic mass is 9.81. The Morgan fingerprint density at radius 3 is 2.50 bits per heavy atom. The zero-order valence-electron chi connectivity index (χ0n) is 12.0. The summed E-state index contributed by atoms with van der Waals surface area (Å²) in [4.78, 5) is 23.0. The predicted octanol–water partition coefficient (Wildman–Crippen LogP) is 0.900. The maximum absolute atomic E-state index is 11.7. The molecule has 1 amide bonds. The average Bonchev–Trinajstić information content (AvgIpc) is 2.67. The van der Waals surface area contributed by atoms with Crippen molar-refractivity contribution in [3.05, 3.63) is 23.8 Å². The summed E-state index contributed by atoms with van der Waals surface area (Å²) >= 11 is 0. The molecule has 20 heavy (non-hydrogen) atoms. The minimum absolute atomic E-state index is 0.549. The molecule has 1 aliphatic heterocycles. The van der Waals surface area contributed by atoms with Gasteiger partial charge >= 0.3 is 5.97 Å². The number of carboxylic acids is 1. The number of hydrogen-bond acceptors (Lipinski definition) is 4. The Morgan fingerprint density at radius 2 is 2.05 bits per heavy atom. The molecular weight excluding hydrogens is 260 g/mol. The van der Waals surface area contributed by atoms with Gasteiger partial charge in [-0.15, -0.1) is 4.59 Å². The van der Waals surface area contributed by atoms with Crippen molar-refractivity contribution in [1.29, 1.82) is 0 Å². The highest BCUT2D eigenvalue weighted by Gasteiger charge is 2.55. The lowest BCUT2D eigenvalue weighted by Gasteiger charge is -2.44. The number of carboxylic acid groups (broad SMARTS) is 2. The molecular formula is C14H18N2O4. The van der Waals surface area contributed by atoms with Gasteiger partial charge in [-0.25, -0.2) is 0 Å². The smallest absolute Gasteiger partial charge is 0.317 e. The third kappa shape index (κ3) is 1.71. The molecule has 0 spiro atoms. The number of carbonyl (C=O) groups excluding carboxylic acids is 1. The van der Waals surface area contributed by atoms with Crippen LogP contribution in [-0.4, -0.2) is 39.6 Å². The number of carbonyl (C=O) groups is 2. The van der Waals surface area contributed by atoms with Crippen LogP contribution in [0.3, 0.4) is 0 Å². The molecule has 0 bridgehead atoms. The van der Waals surface area contributed by atoms with E-state index < -0.39 is 33.7 Å². The standard InChI is InChI=1S/C14H18N2O4/c1-13(2,3)16(12(19)20)10-5-6-14(4,11(17)18)7-9(10)8-15-16/h5-8,10H,1-4H3,(H-,17,18,19,20). The van der Waals surface area contributed by atoms with E-state index in [-0.39, 0.29) is 0 Å². The van der Waals surface area contributed by atoms with Gasteiger partial charge in [0, 0.05) is 5.57 Å². The van der Waals surface area contributed by atoms with Gasteiger partial charge in [0.25, 0.3) is 6.09 Å². The largest absolute Gasteiger partial charge is 0.496 e. The molecule has 6 heteroatoms. The predicted molar refractivity (Wildman–Crippen MR) is 70.7 cm³/mol. The maximum atomic E-state index is 11.7. The normalized spacial score (nSPS) is 35.6. The van der Waals surface area contributed by atoms with Gasteiger partial charge in [0.2, 0.25) is 0 Å². The number of hydrogen-bond donors (Lipinski definition) is 1. The third-order valence-electron chi connectivity index (χ3n) is 3.99. The molecule has 2 rings (SSSR count). The molecule has 2 aliphatic rings. The van der Waals surface area contributed by atoms with Crippen molar-refractivity contribution in [3.63, 3.8) is 0 Å². The van der Waals surface area contributed by atoms with Crippen LogP contribution in [0.2, 0.25) is 0 Å². The number of nitrogens with zero attached hydrogens (tertiary/aromatic N) is 2. The molecule has 0 aromatic rings. The molecule has 3 atom stereocenters. The first kappa shape index (κ1) is 14.5. The van der Waals surface area contributed by atoms with E-state index in [1.54, 1.807) is 39.8 Å². The third-order valence-corrected chi connectivity index (χ3v) is 3.99. The fraction of sp³-hybridized carbons (Fsp3) is 0.500. The lowest BCUT2D eigenvalue weighted by molar-refractivity contribution is -0.933. The summed E-state index contributed by atoms with van der Waals surface area (Å²) in [7, 11) is 0. The quantitative estimate of drug-likeness (QED) is 0.570. The van der Waals surface area contributed by atoms with Gasteiger partial charge in [-0.05, 0) is 33.8 Å². The molecule has 0 saturated heterocycles. The molecule has 0 radical (unpaired) electrons. The van der Waals surface area contributed by atoms with Gasteiger partial charge in [0.05, 0.1) is 6.21 Å². The zero-order chi connectivity index (χ0) is 15.3. The molecule has 0 fully saturated rings. The molecule has 0 aromatic heterocycles. The Bertz CT molecular complexity index is 570. The summed E-state index contributed by atoms with van der Waals surface area (Å²) in [6.07, 6.45) is 4.82. The van der Waals surface area contributed by atoms with E-state index >= 15 is 0 Å². The van der Waals surface area contributed by atoms with E-state index in [1.165, 1.54) is 12.3 Å². The van der Waals surface area contributed by atoms with Crippen molar-refractivity contribution in [2.75, 3.05) is 0 Å². The highest BCUT2D eigenvalue weighted by atomic mass is 16.4. The van der Waals surface area contributed by atoms with Crippen LogP contribution in [0.4, 0.5) is 4.79 Å². The van der Waals surface area contributed by atoms with Crippen molar-refractivity contribution in [2.24, 2.45) is 10.5 Å². The summed E-state index contributed by atoms with van der Waals surface area (Å²) in [5, 5.41) is 25.1. The first-order chi connectivity index (χ1) is 9.04. The van der Waals surface area contributed by atoms with E-state index in [1.807, 2.05) is 0 Å². The molecule has 1 heterocycles. The first-order valence-electron chi connectivity index (χ1n) is 6.36. The van der Waals surface area contributed by atoms with Gasteiger partial charge in [0.1, 0.15) is 11.0 Å². The van der Waals surface area contributed by atoms with Crippen LogP contribution < -0.4 is 5.11 Å². The van der Waals surface area contributed by atoms with Crippen molar-refractivity contribution >= 4 is 18.3 Å². The van der Waals surface area contributed by atoms with Crippen LogP contribution >= 0.6 is 0 Å². The fourth-order valence-electron chi connectivity index (χ4n) is 2.72. The summed E-state index contributed by atoms with van der Waals surface area (Å²) in [5.41, 5.74) is -1.25. The Morgan fingerprint density at radius 1 is 1.45 bits per heavy atom. The molecule has 0 saturated carbocycles. The summed E-state index contributed by atoms with van der Waals surface area (Å²) < 4.78 is -0.606. The number of amides is 1. The summed E-state index contributed by atoms with van der Waals surface area (Å²) in [5.74, 6) is -0.984. The van der Waals surface area contributed by atoms with Crippen LogP contribution in [0, 0.1) is 5.41 Å². The number of aliphatic carboxylic acids is 1. The minimum Gasteiger partial charge on any atom is -0.496 e. The second-order valence-electron chi connectivity index (χ2n) is 6.40. The second kappa shape index (κ2) is 4.02. The molecule has 1 N–H and O–H groups in total. The van der Waals surface area contributed by atoms with E-state index in [9.17, 15) is 19.8 Å². The van der Waals surface area contributed by atoms with Crippen molar-refractivity contribution in [2.45, 2.75) is 39.3 Å². The number of rotatable bonds is 1. The topological polar surface area (TPSA) is 89.8 Å². The molecule has 3 unspecified atom stereocenters. The highest BCUT2D eigenvalue weighted by molar-refractivity contribution is 5.88. The average molecular weight is 278 g/mol. The van der Waals surface area contributed by atoms with Crippen LogP contribution in [0.1, 0.15) is 27.7 Å².